The second-order valence-corrected chi connectivity index (χ2v) is 6.74. The van der Waals surface area contributed by atoms with Gasteiger partial charge in [0, 0.05) is 18.4 Å². The fourth-order valence-electron chi connectivity index (χ4n) is 2.71. The van der Waals surface area contributed by atoms with Crippen molar-refractivity contribution in [2.24, 2.45) is 0 Å². The maximum absolute atomic E-state index is 12.2. The summed E-state index contributed by atoms with van der Waals surface area (Å²) < 4.78 is 5.63. The first-order chi connectivity index (χ1) is 13.6. The number of hydrogen-bond acceptors (Lipinski definition) is 4. The number of hydrogen-bond donors (Lipinski definition) is 2. The number of aromatic nitrogens is 1. The summed E-state index contributed by atoms with van der Waals surface area (Å²) in [5.74, 6) is 1.39. The van der Waals surface area contributed by atoms with Gasteiger partial charge in [0.15, 0.2) is 0 Å². The maximum atomic E-state index is 12.2. The van der Waals surface area contributed by atoms with Crippen LogP contribution in [-0.4, -0.2) is 23.5 Å². The molecule has 5 nitrogen and oxygen atoms in total. The zero-order valence-corrected chi connectivity index (χ0v) is 16.2. The zero-order chi connectivity index (χ0) is 19.8. The zero-order valence-electron chi connectivity index (χ0n) is 16.2. The molecule has 1 heterocycles. The number of carbonyl (C=O) groups is 1. The van der Waals surface area contributed by atoms with Gasteiger partial charge in [-0.3, -0.25) is 4.79 Å². The highest BCUT2D eigenvalue weighted by Gasteiger charge is 2.06. The second kappa shape index (κ2) is 9.55. The average molecular weight is 375 g/mol. The van der Waals surface area contributed by atoms with Gasteiger partial charge >= 0.3 is 0 Å². The number of amides is 1. The van der Waals surface area contributed by atoms with Crippen LogP contribution in [0.4, 0.5) is 11.5 Å². The Bertz CT molecular complexity index is 876. The Hall–Kier alpha value is -3.34. The van der Waals surface area contributed by atoms with Crippen molar-refractivity contribution in [3.8, 4) is 5.75 Å². The molecule has 0 aliphatic rings. The molecule has 0 saturated heterocycles. The van der Waals surface area contributed by atoms with E-state index in [2.05, 4.69) is 27.8 Å². The standard InChI is InChI=1S/C23H25N3O2/c1-17(2)28-21-11-9-20(10-12-21)26-22-13-8-19(16-25-22)23(27)24-15-14-18-6-4-3-5-7-18/h3-13,16-17H,14-15H2,1-2H3,(H,24,27)(H,25,26). The van der Waals surface area contributed by atoms with Crippen molar-refractivity contribution in [1.29, 1.82) is 0 Å². The van der Waals surface area contributed by atoms with E-state index < -0.39 is 0 Å². The minimum Gasteiger partial charge on any atom is -0.491 e. The van der Waals surface area contributed by atoms with E-state index in [1.807, 2.05) is 56.3 Å². The Morgan fingerprint density at radius 1 is 1.00 bits per heavy atom. The summed E-state index contributed by atoms with van der Waals surface area (Å²) in [7, 11) is 0. The number of ether oxygens (including phenoxy) is 1. The van der Waals surface area contributed by atoms with Gasteiger partial charge in [-0.15, -0.1) is 0 Å². The summed E-state index contributed by atoms with van der Waals surface area (Å²) in [6, 6.07) is 21.3. The van der Waals surface area contributed by atoms with Crippen LogP contribution in [0.25, 0.3) is 0 Å². The van der Waals surface area contributed by atoms with E-state index in [1.165, 1.54) is 5.56 Å². The minimum absolute atomic E-state index is 0.120. The monoisotopic (exact) mass is 375 g/mol. The molecule has 3 rings (SSSR count). The normalized spacial score (nSPS) is 10.5. The van der Waals surface area contributed by atoms with Gasteiger partial charge in [0.2, 0.25) is 0 Å². The lowest BCUT2D eigenvalue weighted by atomic mass is 10.1. The summed E-state index contributed by atoms with van der Waals surface area (Å²) in [5, 5.41) is 6.14. The Labute approximate surface area is 165 Å². The summed E-state index contributed by atoms with van der Waals surface area (Å²) >= 11 is 0. The largest absolute Gasteiger partial charge is 0.491 e. The molecule has 5 heteroatoms. The van der Waals surface area contributed by atoms with Crippen LogP contribution in [0.5, 0.6) is 5.75 Å². The van der Waals surface area contributed by atoms with Gasteiger partial charge in [-0.05, 0) is 62.2 Å². The molecule has 0 bridgehead atoms. The van der Waals surface area contributed by atoms with E-state index in [1.54, 1.807) is 18.3 Å². The summed E-state index contributed by atoms with van der Waals surface area (Å²) in [6.07, 6.45) is 2.53. The Balaban J connectivity index is 1.50. The summed E-state index contributed by atoms with van der Waals surface area (Å²) in [4.78, 5) is 16.6. The molecular weight excluding hydrogens is 350 g/mol. The molecular formula is C23H25N3O2. The molecule has 1 amide bonds. The minimum atomic E-state index is -0.120. The molecule has 0 unspecified atom stereocenters. The summed E-state index contributed by atoms with van der Waals surface area (Å²) in [6.45, 7) is 4.58. The van der Waals surface area contributed by atoms with Gasteiger partial charge in [-0.25, -0.2) is 4.98 Å². The predicted octanol–water partition coefficient (Wildman–Crippen LogP) is 4.58. The van der Waals surface area contributed by atoms with Crippen LogP contribution in [0, 0.1) is 0 Å². The third kappa shape index (κ3) is 5.84. The number of nitrogens with one attached hydrogen (secondary N) is 2. The Kier molecular flexibility index (Phi) is 6.63. The van der Waals surface area contributed by atoms with E-state index in [-0.39, 0.29) is 12.0 Å². The highest BCUT2D eigenvalue weighted by Crippen LogP contribution is 2.20. The molecule has 3 aromatic rings. The van der Waals surface area contributed by atoms with Gasteiger partial charge < -0.3 is 15.4 Å². The molecule has 0 aliphatic heterocycles. The van der Waals surface area contributed by atoms with Crippen LogP contribution in [0.15, 0.2) is 72.9 Å². The van der Waals surface area contributed by atoms with Gasteiger partial charge in [-0.2, -0.15) is 0 Å². The molecule has 0 fully saturated rings. The number of anilines is 2. The molecule has 2 N–H and O–H groups in total. The third-order valence-electron chi connectivity index (χ3n) is 4.07. The van der Waals surface area contributed by atoms with Crippen LogP contribution >= 0.6 is 0 Å². The third-order valence-corrected chi connectivity index (χ3v) is 4.07. The van der Waals surface area contributed by atoms with Gasteiger partial charge in [0.25, 0.3) is 5.91 Å². The van der Waals surface area contributed by atoms with E-state index in [0.29, 0.717) is 17.9 Å². The topological polar surface area (TPSA) is 63.2 Å². The molecule has 0 atom stereocenters. The fraction of sp³-hybridized carbons (Fsp3) is 0.217. The first-order valence-corrected chi connectivity index (χ1v) is 9.42. The van der Waals surface area contributed by atoms with E-state index in [4.69, 9.17) is 4.74 Å². The Morgan fingerprint density at radius 2 is 1.75 bits per heavy atom. The second-order valence-electron chi connectivity index (χ2n) is 6.74. The smallest absolute Gasteiger partial charge is 0.252 e. The van der Waals surface area contributed by atoms with Crippen molar-refractivity contribution in [2.45, 2.75) is 26.4 Å². The quantitative estimate of drug-likeness (QED) is 0.605. The van der Waals surface area contributed by atoms with Crippen molar-refractivity contribution in [1.82, 2.24) is 10.3 Å². The molecule has 144 valence electrons. The van der Waals surface area contributed by atoms with Crippen LogP contribution < -0.4 is 15.4 Å². The summed E-state index contributed by atoms with van der Waals surface area (Å²) in [5.41, 5.74) is 2.65. The van der Waals surface area contributed by atoms with Crippen molar-refractivity contribution in [3.05, 3.63) is 84.1 Å². The van der Waals surface area contributed by atoms with Crippen LogP contribution in [-0.2, 0) is 6.42 Å². The van der Waals surface area contributed by atoms with Gasteiger partial charge in [0.1, 0.15) is 11.6 Å². The van der Waals surface area contributed by atoms with Crippen LogP contribution in [0.2, 0.25) is 0 Å². The molecule has 0 spiro atoms. The number of carbonyl (C=O) groups excluding carboxylic acids is 1. The van der Waals surface area contributed by atoms with Crippen molar-refractivity contribution in [2.75, 3.05) is 11.9 Å². The number of rotatable bonds is 8. The lowest BCUT2D eigenvalue weighted by Crippen LogP contribution is -2.25. The predicted molar refractivity (Wildman–Crippen MR) is 112 cm³/mol. The van der Waals surface area contributed by atoms with Gasteiger partial charge in [0.05, 0.1) is 11.7 Å². The van der Waals surface area contributed by atoms with Crippen molar-refractivity contribution < 1.29 is 9.53 Å². The lowest BCUT2D eigenvalue weighted by molar-refractivity contribution is 0.0954. The molecule has 0 saturated carbocycles. The molecule has 0 radical (unpaired) electrons. The number of nitrogens with zero attached hydrogens (tertiary/aromatic N) is 1. The van der Waals surface area contributed by atoms with E-state index in [9.17, 15) is 4.79 Å². The lowest BCUT2D eigenvalue weighted by Gasteiger charge is -2.11. The van der Waals surface area contributed by atoms with Gasteiger partial charge in [-0.1, -0.05) is 30.3 Å². The molecule has 0 aliphatic carbocycles. The first kappa shape index (κ1) is 19.4. The molecule has 1 aromatic heterocycles. The highest BCUT2D eigenvalue weighted by molar-refractivity contribution is 5.94. The van der Waals surface area contributed by atoms with Crippen molar-refractivity contribution >= 4 is 17.4 Å². The van der Waals surface area contributed by atoms with Crippen molar-refractivity contribution in [3.63, 3.8) is 0 Å². The average Bonchev–Trinajstić information content (AvgIpc) is 2.70. The fourth-order valence-corrected chi connectivity index (χ4v) is 2.71. The Morgan fingerprint density at radius 3 is 2.39 bits per heavy atom. The highest BCUT2D eigenvalue weighted by atomic mass is 16.5. The maximum Gasteiger partial charge on any atom is 0.252 e. The molecule has 28 heavy (non-hydrogen) atoms. The van der Waals surface area contributed by atoms with E-state index >= 15 is 0 Å². The van der Waals surface area contributed by atoms with Crippen LogP contribution in [0.1, 0.15) is 29.8 Å². The SMILES string of the molecule is CC(C)Oc1ccc(Nc2ccc(C(=O)NCCc3ccccc3)cn2)cc1. The number of pyridine rings is 1. The van der Waals surface area contributed by atoms with Crippen LogP contribution in [0.3, 0.4) is 0 Å². The van der Waals surface area contributed by atoms with E-state index in [0.717, 1.165) is 17.9 Å². The molecule has 2 aromatic carbocycles. The first-order valence-electron chi connectivity index (χ1n) is 9.42. The number of benzene rings is 2.